The van der Waals surface area contributed by atoms with Crippen LogP contribution in [0.15, 0.2) is 67.4 Å². The van der Waals surface area contributed by atoms with Gasteiger partial charge in [0, 0.05) is 24.2 Å². The molecule has 2 N–H and O–H groups in total. The molecule has 24 heavy (non-hydrogen) atoms. The number of hydrogen-bond donors (Lipinski definition) is 2. The third-order valence-corrected chi connectivity index (χ3v) is 4.10. The average Bonchev–Trinajstić information content (AvgIpc) is 3.24. The lowest BCUT2D eigenvalue weighted by Crippen LogP contribution is -1.98. The number of imidazole rings is 1. The van der Waals surface area contributed by atoms with Gasteiger partial charge in [-0.15, -0.1) is 0 Å². The van der Waals surface area contributed by atoms with Gasteiger partial charge in [-0.3, -0.25) is 0 Å². The second-order valence-electron chi connectivity index (χ2n) is 5.67. The third kappa shape index (κ3) is 2.46. The minimum Gasteiger partial charge on any atom is -0.478 e. The molecular weight excluding hydrogens is 302 g/mol. The summed E-state index contributed by atoms with van der Waals surface area (Å²) >= 11 is 0. The topological polar surface area (TPSA) is 70.9 Å². The summed E-state index contributed by atoms with van der Waals surface area (Å²) in [7, 11) is 0. The van der Waals surface area contributed by atoms with Gasteiger partial charge in [0.2, 0.25) is 0 Å². The van der Waals surface area contributed by atoms with E-state index in [-0.39, 0.29) is 0 Å². The fourth-order valence-corrected chi connectivity index (χ4v) is 3.01. The van der Waals surface area contributed by atoms with Gasteiger partial charge in [-0.25, -0.2) is 9.78 Å². The van der Waals surface area contributed by atoms with E-state index in [1.807, 2.05) is 53.2 Å². The molecule has 5 nitrogen and oxygen atoms in total. The highest BCUT2D eigenvalue weighted by molar-refractivity contribution is 6.03. The lowest BCUT2D eigenvalue weighted by molar-refractivity contribution is 0.0697. The maximum Gasteiger partial charge on any atom is 0.337 e. The minimum absolute atomic E-state index is 0.297. The number of aromatic amines is 1. The quantitative estimate of drug-likeness (QED) is 0.602. The molecule has 0 saturated carbocycles. The van der Waals surface area contributed by atoms with Crippen molar-refractivity contribution in [3.63, 3.8) is 0 Å². The van der Waals surface area contributed by atoms with Gasteiger partial charge in [-0.1, -0.05) is 42.5 Å². The normalized spacial score (nSPS) is 11.0. The lowest BCUT2D eigenvalue weighted by Gasteiger charge is -2.06. The molecule has 0 amide bonds. The van der Waals surface area contributed by atoms with Crippen LogP contribution in [0.25, 0.3) is 21.9 Å². The number of H-pyrrole nitrogens is 1. The molecule has 2 aromatic heterocycles. The van der Waals surface area contributed by atoms with Gasteiger partial charge in [-0.05, 0) is 16.3 Å². The predicted molar refractivity (Wildman–Crippen MR) is 92.0 cm³/mol. The highest BCUT2D eigenvalue weighted by Gasteiger charge is 2.17. The van der Waals surface area contributed by atoms with E-state index in [2.05, 4.69) is 9.97 Å². The van der Waals surface area contributed by atoms with Crippen molar-refractivity contribution in [1.82, 2.24) is 14.5 Å². The Morgan fingerprint density at radius 2 is 1.92 bits per heavy atom. The average molecular weight is 317 g/mol. The number of carbonyl (C=O) groups is 1. The van der Waals surface area contributed by atoms with E-state index < -0.39 is 5.97 Å². The summed E-state index contributed by atoms with van der Waals surface area (Å²) in [5.41, 5.74) is 2.87. The summed E-state index contributed by atoms with van der Waals surface area (Å²) in [6, 6.07) is 13.9. The molecule has 5 heteroatoms. The van der Waals surface area contributed by atoms with Gasteiger partial charge >= 0.3 is 5.97 Å². The van der Waals surface area contributed by atoms with Crippen molar-refractivity contribution >= 4 is 16.7 Å². The Bertz CT molecular complexity index is 1010. The van der Waals surface area contributed by atoms with E-state index in [4.69, 9.17) is 0 Å². The molecular formula is C19H15N3O2. The number of nitrogens with zero attached hydrogens (tertiary/aromatic N) is 2. The molecule has 0 aliphatic carbocycles. The monoisotopic (exact) mass is 317 g/mol. The minimum atomic E-state index is -0.929. The lowest BCUT2D eigenvalue weighted by atomic mass is 9.98. The zero-order valence-electron chi connectivity index (χ0n) is 12.8. The highest BCUT2D eigenvalue weighted by atomic mass is 16.4. The van der Waals surface area contributed by atoms with Crippen molar-refractivity contribution < 1.29 is 9.90 Å². The van der Waals surface area contributed by atoms with Crippen molar-refractivity contribution in [3.05, 3.63) is 78.6 Å². The summed E-state index contributed by atoms with van der Waals surface area (Å²) < 4.78 is 1.87. The molecule has 0 radical (unpaired) electrons. The van der Waals surface area contributed by atoms with Gasteiger partial charge in [0.05, 0.1) is 24.1 Å². The molecule has 2 aromatic carbocycles. The summed E-state index contributed by atoms with van der Waals surface area (Å²) in [5.74, 6) is -0.929. The highest BCUT2D eigenvalue weighted by Crippen LogP contribution is 2.32. The number of aromatic carboxylic acids is 1. The molecule has 0 bridgehead atoms. The number of fused-ring (bicyclic) bond motifs is 1. The van der Waals surface area contributed by atoms with Crippen molar-refractivity contribution in [2.24, 2.45) is 0 Å². The first-order valence-corrected chi connectivity index (χ1v) is 7.61. The Hall–Kier alpha value is -3.34. The zero-order chi connectivity index (χ0) is 16.5. The first-order valence-electron chi connectivity index (χ1n) is 7.61. The number of carboxylic acid groups (broad SMARTS) is 1. The van der Waals surface area contributed by atoms with E-state index >= 15 is 0 Å². The van der Waals surface area contributed by atoms with Crippen LogP contribution in [0.4, 0.5) is 0 Å². The molecule has 0 fully saturated rings. The molecule has 0 unspecified atom stereocenters. The summed E-state index contributed by atoms with van der Waals surface area (Å²) in [5, 5.41) is 11.7. The number of aromatic nitrogens is 3. The van der Waals surface area contributed by atoms with Crippen LogP contribution in [-0.4, -0.2) is 25.6 Å². The van der Waals surface area contributed by atoms with Gasteiger partial charge in [0.25, 0.3) is 0 Å². The first kappa shape index (κ1) is 14.3. The fraction of sp³-hybridized carbons (Fsp3) is 0.0526. The second kappa shape index (κ2) is 5.70. The number of nitrogens with one attached hydrogen (secondary N) is 1. The Labute approximate surface area is 138 Å². The summed E-state index contributed by atoms with van der Waals surface area (Å²) in [6.07, 6.45) is 6.90. The Balaban J connectivity index is 1.87. The standard InChI is InChI=1S/C19H15N3O2/c23-19(24)18-11-22(9-14-8-20-12-21-14)10-17(18)16-7-3-5-13-4-1-2-6-15(13)16/h1-8,10-12H,9H2,(H,20,21)(H,23,24). The molecule has 0 aliphatic rings. The van der Waals surface area contributed by atoms with E-state index in [1.54, 1.807) is 18.7 Å². The fourth-order valence-electron chi connectivity index (χ4n) is 3.01. The van der Waals surface area contributed by atoms with Crippen molar-refractivity contribution in [2.75, 3.05) is 0 Å². The van der Waals surface area contributed by atoms with Crippen molar-refractivity contribution in [3.8, 4) is 11.1 Å². The van der Waals surface area contributed by atoms with Crippen LogP contribution in [0.5, 0.6) is 0 Å². The Morgan fingerprint density at radius 1 is 1.08 bits per heavy atom. The van der Waals surface area contributed by atoms with Crippen molar-refractivity contribution in [2.45, 2.75) is 6.54 Å². The predicted octanol–water partition coefficient (Wildman–Crippen LogP) is 3.78. The zero-order valence-corrected chi connectivity index (χ0v) is 12.8. The largest absolute Gasteiger partial charge is 0.478 e. The van der Waals surface area contributed by atoms with E-state index in [1.165, 1.54) is 0 Å². The van der Waals surface area contributed by atoms with Crippen molar-refractivity contribution in [1.29, 1.82) is 0 Å². The molecule has 118 valence electrons. The van der Waals surface area contributed by atoms with Gasteiger partial charge < -0.3 is 14.7 Å². The third-order valence-electron chi connectivity index (χ3n) is 4.10. The SMILES string of the molecule is O=C(O)c1cn(Cc2cnc[nH]2)cc1-c1cccc2ccccc12. The maximum atomic E-state index is 11.7. The summed E-state index contributed by atoms with van der Waals surface area (Å²) in [4.78, 5) is 18.7. The molecule has 0 atom stereocenters. The number of hydrogen-bond acceptors (Lipinski definition) is 2. The molecule has 4 aromatic rings. The van der Waals surface area contributed by atoms with Crippen LogP contribution in [0.3, 0.4) is 0 Å². The second-order valence-corrected chi connectivity index (χ2v) is 5.67. The molecule has 2 heterocycles. The van der Waals surface area contributed by atoms with E-state index in [0.717, 1.165) is 27.6 Å². The van der Waals surface area contributed by atoms with Crippen LogP contribution < -0.4 is 0 Å². The first-order chi connectivity index (χ1) is 11.7. The van der Waals surface area contributed by atoms with Crippen LogP contribution in [0, 0.1) is 0 Å². The maximum absolute atomic E-state index is 11.7. The van der Waals surface area contributed by atoms with Crippen LogP contribution >= 0.6 is 0 Å². The number of benzene rings is 2. The molecule has 4 rings (SSSR count). The number of rotatable bonds is 4. The van der Waals surface area contributed by atoms with Gasteiger partial charge in [0.15, 0.2) is 0 Å². The molecule has 0 aliphatic heterocycles. The van der Waals surface area contributed by atoms with Crippen LogP contribution in [-0.2, 0) is 6.54 Å². The van der Waals surface area contributed by atoms with Crippen LogP contribution in [0.1, 0.15) is 16.1 Å². The van der Waals surface area contributed by atoms with Crippen LogP contribution in [0.2, 0.25) is 0 Å². The molecule has 0 spiro atoms. The smallest absolute Gasteiger partial charge is 0.337 e. The van der Waals surface area contributed by atoms with Gasteiger partial charge in [-0.2, -0.15) is 0 Å². The number of carboxylic acids is 1. The van der Waals surface area contributed by atoms with E-state index in [0.29, 0.717) is 12.1 Å². The Morgan fingerprint density at radius 3 is 2.71 bits per heavy atom. The van der Waals surface area contributed by atoms with Gasteiger partial charge in [0.1, 0.15) is 0 Å². The summed E-state index contributed by atoms with van der Waals surface area (Å²) in [6.45, 7) is 0.547. The van der Waals surface area contributed by atoms with E-state index in [9.17, 15) is 9.90 Å². The molecule has 0 saturated heterocycles. The Kier molecular flexibility index (Phi) is 3.39.